The molecule has 6 heteroatoms. The fourth-order valence-electron chi connectivity index (χ4n) is 4.96. The average molecular weight is 527 g/mol. The molecule has 6 nitrogen and oxygen atoms in total. The predicted molar refractivity (Wildman–Crippen MR) is 153 cm³/mol. The van der Waals surface area contributed by atoms with E-state index in [0.717, 1.165) is 33.4 Å². The Hall–Kier alpha value is -5.23. The Balaban J connectivity index is 1.46. The van der Waals surface area contributed by atoms with Crippen molar-refractivity contribution in [3.05, 3.63) is 138 Å². The van der Waals surface area contributed by atoms with Gasteiger partial charge in [0.1, 0.15) is 17.6 Å². The van der Waals surface area contributed by atoms with Crippen molar-refractivity contribution in [3.8, 4) is 33.8 Å². The van der Waals surface area contributed by atoms with Gasteiger partial charge < -0.3 is 15.2 Å². The second-order valence-electron chi connectivity index (χ2n) is 9.55. The highest BCUT2D eigenvalue weighted by molar-refractivity contribution is 6.03. The van der Waals surface area contributed by atoms with Gasteiger partial charge in [-0.1, -0.05) is 66.7 Å². The Bertz CT molecular complexity index is 1670. The largest absolute Gasteiger partial charge is 0.492 e. The highest BCUT2D eigenvalue weighted by atomic mass is 16.5. The number of nitrogens with zero attached hydrogens (tertiary/aromatic N) is 1. The molecule has 1 aromatic heterocycles. The maximum atomic E-state index is 12.8. The van der Waals surface area contributed by atoms with Crippen molar-refractivity contribution in [2.24, 2.45) is 5.73 Å². The number of fused-ring (bicyclic) bond motifs is 1. The third kappa shape index (κ3) is 4.95. The highest BCUT2D eigenvalue weighted by Gasteiger charge is 2.27. The van der Waals surface area contributed by atoms with Gasteiger partial charge in [-0.2, -0.15) is 0 Å². The van der Waals surface area contributed by atoms with Crippen molar-refractivity contribution >= 4 is 11.7 Å². The normalized spacial score (nSPS) is 13.2. The molecule has 5 aromatic rings. The molecule has 0 unspecified atom stereocenters. The van der Waals surface area contributed by atoms with Crippen LogP contribution in [0.2, 0.25) is 0 Å². The molecule has 1 aliphatic rings. The van der Waals surface area contributed by atoms with Gasteiger partial charge in [0, 0.05) is 24.4 Å². The molecular formula is C34H26N2O4. The first-order chi connectivity index (χ1) is 19.6. The van der Waals surface area contributed by atoms with Crippen LogP contribution in [-0.4, -0.2) is 23.3 Å². The molecule has 4 aromatic carbocycles. The first-order valence-corrected chi connectivity index (χ1v) is 13.0. The number of ether oxygens (including phenoxy) is 2. The zero-order valence-corrected chi connectivity index (χ0v) is 21.6. The maximum Gasteiger partial charge on any atom is 0.248 e. The van der Waals surface area contributed by atoms with E-state index < -0.39 is 12.0 Å². The first-order valence-electron chi connectivity index (χ1n) is 13.0. The lowest BCUT2D eigenvalue weighted by Crippen LogP contribution is -2.17. The van der Waals surface area contributed by atoms with Gasteiger partial charge >= 0.3 is 0 Å². The minimum absolute atomic E-state index is 0.0441. The van der Waals surface area contributed by atoms with E-state index in [1.165, 1.54) is 0 Å². The summed E-state index contributed by atoms with van der Waals surface area (Å²) >= 11 is 0. The number of hydrogen-bond acceptors (Lipinski definition) is 5. The summed E-state index contributed by atoms with van der Waals surface area (Å²) in [4.78, 5) is 28.6. The quantitative estimate of drug-likeness (QED) is 0.256. The average Bonchev–Trinajstić information content (AvgIpc) is 3.01. The monoisotopic (exact) mass is 526 g/mol. The zero-order valence-electron chi connectivity index (χ0n) is 21.6. The smallest absolute Gasteiger partial charge is 0.248 e. The van der Waals surface area contributed by atoms with Gasteiger partial charge in [-0.3, -0.25) is 14.6 Å². The van der Waals surface area contributed by atoms with Crippen LogP contribution in [0.4, 0.5) is 0 Å². The number of carbonyl (C=O) groups excluding carboxylic acids is 2. The molecule has 0 saturated heterocycles. The molecule has 0 aliphatic carbocycles. The summed E-state index contributed by atoms with van der Waals surface area (Å²) in [6.45, 7) is 0.312. The number of rotatable bonds is 7. The van der Waals surface area contributed by atoms with Gasteiger partial charge in [0.2, 0.25) is 5.91 Å². The lowest BCUT2D eigenvalue weighted by molar-refractivity contribution is 0.0932. The molecule has 196 valence electrons. The van der Waals surface area contributed by atoms with Crippen LogP contribution in [0.5, 0.6) is 11.5 Å². The lowest BCUT2D eigenvalue weighted by atomic mass is 9.94. The van der Waals surface area contributed by atoms with Crippen LogP contribution in [0.25, 0.3) is 22.3 Å². The first kappa shape index (κ1) is 25.1. The standard InChI is InChI=1S/C34H26N2O4/c35-34(38)27-12-10-25(11-13-27)32(26-16-19-36-20-17-26)40-30-15-14-28-29(37)18-21-39-33(28)31(30)24-8-6-23(7-9-24)22-4-2-1-3-5-22/h1-17,19-20,32H,18,21H2,(H2,35,38)/t32-/m1/s1. The maximum absolute atomic E-state index is 12.8. The number of nitrogens with two attached hydrogens (primary N) is 1. The van der Waals surface area contributed by atoms with Gasteiger partial charge in [-0.25, -0.2) is 0 Å². The number of carbonyl (C=O) groups is 2. The van der Waals surface area contributed by atoms with Crippen molar-refractivity contribution in [2.45, 2.75) is 12.5 Å². The summed E-state index contributed by atoms with van der Waals surface area (Å²) in [5.41, 5.74) is 11.9. The molecule has 2 heterocycles. The molecule has 0 saturated carbocycles. The number of primary amides is 1. The van der Waals surface area contributed by atoms with E-state index in [2.05, 4.69) is 29.2 Å². The number of aromatic nitrogens is 1. The van der Waals surface area contributed by atoms with E-state index >= 15 is 0 Å². The molecule has 1 amide bonds. The molecule has 1 atom stereocenters. The van der Waals surface area contributed by atoms with Gasteiger partial charge in [0.15, 0.2) is 5.78 Å². The van der Waals surface area contributed by atoms with Crippen LogP contribution in [0.1, 0.15) is 44.4 Å². The Morgan fingerprint density at radius 3 is 2.12 bits per heavy atom. The molecule has 0 radical (unpaired) electrons. The Morgan fingerprint density at radius 2 is 1.43 bits per heavy atom. The third-order valence-corrected chi connectivity index (χ3v) is 7.03. The fourth-order valence-corrected chi connectivity index (χ4v) is 4.96. The van der Waals surface area contributed by atoms with Gasteiger partial charge in [0.05, 0.1) is 17.7 Å². The molecular weight excluding hydrogens is 500 g/mol. The molecule has 0 fully saturated rings. The van der Waals surface area contributed by atoms with Crippen molar-refractivity contribution < 1.29 is 19.1 Å². The topological polar surface area (TPSA) is 91.5 Å². The van der Waals surface area contributed by atoms with Crippen LogP contribution in [0, 0.1) is 0 Å². The van der Waals surface area contributed by atoms with E-state index in [4.69, 9.17) is 15.2 Å². The van der Waals surface area contributed by atoms with Crippen LogP contribution in [-0.2, 0) is 0 Å². The summed E-state index contributed by atoms with van der Waals surface area (Å²) in [5.74, 6) is 0.647. The van der Waals surface area contributed by atoms with E-state index in [-0.39, 0.29) is 5.78 Å². The van der Waals surface area contributed by atoms with Gasteiger partial charge in [-0.15, -0.1) is 0 Å². The summed E-state index contributed by atoms with van der Waals surface area (Å²) in [6, 6.07) is 32.7. The molecule has 0 bridgehead atoms. The van der Waals surface area contributed by atoms with Gasteiger partial charge in [0.25, 0.3) is 0 Å². The number of ketones is 1. The second-order valence-corrected chi connectivity index (χ2v) is 9.55. The van der Waals surface area contributed by atoms with E-state index in [1.807, 2.05) is 60.7 Å². The summed E-state index contributed by atoms with van der Waals surface area (Å²) in [6.07, 6.45) is 3.23. The lowest BCUT2D eigenvalue weighted by Gasteiger charge is -2.26. The van der Waals surface area contributed by atoms with Crippen molar-refractivity contribution in [1.29, 1.82) is 0 Å². The number of Topliss-reactive ketones (excluding diaryl/α,β-unsaturated/α-hetero) is 1. The molecule has 40 heavy (non-hydrogen) atoms. The van der Waals surface area contributed by atoms with Crippen molar-refractivity contribution in [1.82, 2.24) is 4.98 Å². The fraction of sp³-hybridized carbons (Fsp3) is 0.0882. The summed E-state index contributed by atoms with van der Waals surface area (Å²) < 4.78 is 12.9. The molecule has 2 N–H and O–H groups in total. The van der Waals surface area contributed by atoms with Gasteiger partial charge in [-0.05, 0) is 64.2 Å². The predicted octanol–water partition coefficient (Wildman–Crippen LogP) is 6.65. The number of amides is 1. The van der Waals surface area contributed by atoms with E-state index in [1.54, 1.807) is 30.6 Å². The number of benzene rings is 4. The van der Waals surface area contributed by atoms with Crippen LogP contribution < -0.4 is 15.2 Å². The highest BCUT2D eigenvalue weighted by Crippen LogP contribution is 2.45. The Labute approximate surface area is 232 Å². The zero-order chi connectivity index (χ0) is 27.5. The molecule has 6 rings (SSSR count). The minimum atomic E-state index is -0.524. The summed E-state index contributed by atoms with van der Waals surface area (Å²) in [7, 11) is 0. The molecule has 0 spiro atoms. The Kier molecular flexibility index (Phi) is 6.81. The number of hydrogen-bond donors (Lipinski definition) is 1. The van der Waals surface area contributed by atoms with E-state index in [0.29, 0.717) is 35.7 Å². The van der Waals surface area contributed by atoms with Crippen LogP contribution in [0.3, 0.4) is 0 Å². The number of pyridine rings is 1. The van der Waals surface area contributed by atoms with Crippen molar-refractivity contribution in [2.75, 3.05) is 6.61 Å². The van der Waals surface area contributed by atoms with E-state index in [9.17, 15) is 9.59 Å². The second kappa shape index (κ2) is 10.9. The minimum Gasteiger partial charge on any atom is -0.492 e. The van der Waals surface area contributed by atoms with Crippen LogP contribution in [0.15, 0.2) is 116 Å². The molecule has 1 aliphatic heterocycles. The summed E-state index contributed by atoms with van der Waals surface area (Å²) in [5, 5.41) is 0. The third-order valence-electron chi connectivity index (χ3n) is 7.03. The van der Waals surface area contributed by atoms with Crippen LogP contribution >= 0.6 is 0 Å². The van der Waals surface area contributed by atoms with Crippen molar-refractivity contribution in [3.63, 3.8) is 0 Å². The SMILES string of the molecule is NC(=O)c1ccc([C@@H](Oc2ccc3c(c2-c2ccc(-c4ccccc4)cc2)OCCC3=O)c2ccncc2)cc1. The Morgan fingerprint density at radius 1 is 0.775 bits per heavy atom.